The Morgan fingerprint density at radius 3 is 2.56 bits per heavy atom. The molecular weight excluding hydrogens is 359 g/mol. The topological polar surface area (TPSA) is 54.9 Å². The van der Waals surface area contributed by atoms with Crippen molar-refractivity contribution < 1.29 is 22.6 Å². The first-order chi connectivity index (χ1) is 12.9. The van der Waals surface area contributed by atoms with E-state index in [1.54, 1.807) is 0 Å². The maximum Gasteiger partial charge on any atom is 0.411 e. The summed E-state index contributed by atoms with van der Waals surface area (Å²) < 4.78 is 46.2. The van der Waals surface area contributed by atoms with E-state index < -0.39 is 12.8 Å². The quantitative estimate of drug-likeness (QED) is 0.327. The highest BCUT2D eigenvalue weighted by Crippen LogP contribution is 2.14. The third-order valence-corrected chi connectivity index (χ3v) is 3.44. The number of rotatable bonds is 12. The molecule has 0 saturated heterocycles. The van der Waals surface area contributed by atoms with Crippen LogP contribution in [0.3, 0.4) is 0 Å². The lowest BCUT2D eigenvalue weighted by Crippen LogP contribution is -2.38. The normalized spacial score (nSPS) is 13.4. The zero-order valence-electron chi connectivity index (χ0n) is 16.0. The van der Waals surface area contributed by atoms with Crippen LogP contribution < -0.4 is 10.6 Å². The van der Waals surface area contributed by atoms with Crippen LogP contribution in [0.2, 0.25) is 0 Å². The van der Waals surface area contributed by atoms with Crippen molar-refractivity contribution in [1.29, 1.82) is 0 Å². The van der Waals surface area contributed by atoms with E-state index in [2.05, 4.69) is 27.3 Å². The van der Waals surface area contributed by atoms with Gasteiger partial charge in [0.05, 0.1) is 13.2 Å². The Balaban J connectivity index is 2.20. The molecule has 1 rings (SSSR count). The van der Waals surface area contributed by atoms with Crippen LogP contribution in [0.5, 0.6) is 0 Å². The second kappa shape index (κ2) is 13.4. The molecule has 0 radical (unpaired) electrons. The number of alkyl halides is 3. The minimum atomic E-state index is -4.28. The lowest BCUT2D eigenvalue weighted by Gasteiger charge is -2.14. The highest BCUT2D eigenvalue weighted by atomic mass is 19.4. The molecule has 0 heterocycles. The van der Waals surface area contributed by atoms with E-state index in [9.17, 15) is 13.2 Å². The fourth-order valence-electron chi connectivity index (χ4n) is 2.16. The van der Waals surface area contributed by atoms with Crippen molar-refractivity contribution in [3.8, 4) is 0 Å². The molecule has 0 fully saturated rings. The molecule has 0 aromatic heterocycles. The Bertz CT molecular complexity index is 525. The summed E-state index contributed by atoms with van der Waals surface area (Å²) in [6.45, 7) is 5.82. The first kappa shape index (κ1) is 23.2. The van der Waals surface area contributed by atoms with Crippen molar-refractivity contribution in [3.05, 3.63) is 35.9 Å². The SMILES string of the molecule is CCNC(=NCC(C)COCc1ccccc1)NCCCOCC(F)(F)F. The number of benzene rings is 1. The van der Waals surface area contributed by atoms with Gasteiger partial charge in [-0.05, 0) is 24.8 Å². The third kappa shape index (κ3) is 13.1. The lowest BCUT2D eigenvalue weighted by molar-refractivity contribution is -0.173. The molecule has 0 spiro atoms. The van der Waals surface area contributed by atoms with Gasteiger partial charge in [0.1, 0.15) is 6.61 Å². The molecule has 5 nitrogen and oxygen atoms in total. The Labute approximate surface area is 159 Å². The van der Waals surface area contributed by atoms with Crippen LogP contribution in [0.25, 0.3) is 0 Å². The Morgan fingerprint density at radius 2 is 1.89 bits per heavy atom. The summed E-state index contributed by atoms with van der Waals surface area (Å²) >= 11 is 0. The van der Waals surface area contributed by atoms with Crippen LogP contribution in [0.15, 0.2) is 35.3 Å². The first-order valence-corrected chi connectivity index (χ1v) is 9.19. The summed E-state index contributed by atoms with van der Waals surface area (Å²) in [5.74, 6) is 0.891. The van der Waals surface area contributed by atoms with Crippen LogP contribution in [0.4, 0.5) is 13.2 Å². The fraction of sp³-hybridized carbons (Fsp3) is 0.632. The molecule has 0 bridgehead atoms. The summed E-state index contributed by atoms with van der Waals surface area (Å²) in [5.41, 5.74) is 1.14. The van der Waals surface area contributed by atoms with Crippen LogP contribution in [0, 0.1) is 5.92 Å². The van der Waals surface area contributed by atoms with Gasteiger partial charge in [-0.25, -0.2) is 0 Å². The Kier molecular flexibility index (Phi) is 11.5. The molecule has 2 N–H and O–H groups in total. The number of nitrogens with one attached hydrogen (secondary N) is 2. The van der Waals surface area contributed by atoms with E-state index in [0.717, 1.165) is 5.56 Å². The van der Waals surface area contributed by atoms with Crippen molar-refractivity contribution >= 4 is 5.96 Å². The molecule has 0 aliphatic carbocycles. The monoisotopic (exact) mass is 389 g/mol. The second-order valence-corrected chi connectivity index (χ2v) is 6.27. The maximum absolute atomic E-state index is 12.0. The smallest absolute Gasteiger partial charge is 0.376 e. The minimum Gasteiger partial charge on any atom is -0.376 e. The molecule has 1 aromatic rings. The zero-order valence-corrected chi connectivity index (χ0v) is 16.0. The number of nitrogens with zero attached hydrogens (tertiary/aromatic N) is 1. The Morgan fingerprint density at radius 1 is 1.15 bits per heavy atom. The van der Waals surface area contributed by atoms with Gasteiger partial charge in [-0.3, -0.25) is 4.99 Å². The summed E-state index contributed by atoms with van der Waals surface area (Å²) in [6.07, 6.45) is -3.81. The molecule has 27 heavy (non-hydrogen) atoms. The van der Waals surface area contributed by atoms with E-state index >= 15 is 0 Å². The number of ether oxygens (including phenoxy) is 2. The number of hydrogen-bond acceptors (Lipinski definition) is 3. The molecule has 1 aromatic carbocycles. The number of guanidine groups is 1. The molecule has 1 atom stereocenters. The summed E-state index contributed by atoms with van der Waals surface area (Å²) in [6, 6.07) is 9.98. The van der Waals surface area contributed by atoms with Gasteiger partial charge in [0.2, 0.25) is 0 Å². The van der Waals surface area contributed by atoms with Gasteiger partial charge in [-0.2, -0.15) is 13.2 Å². The average molecular weight is 389 g/mol. The summed E-state index contributed by atoms with van der Waals surface area (Å²) in [7, 11) is 0. The molecule has 0 saturated carbocycles. The van der Waals surface area contributed by atoms with Crippen molar-refractivity contribution in [2.24, 2.45) is 10.9 Å². The van der Waals surface area contributed by atoms with Gasteiger partial charge < -0.3 is 20.1 Å². The highest BCUT2D eigenvalue weighted by Gasteiger charge is 2.27. The average Bonchev–Trinajstić information content (AvgIpc) is 2.62. The van der Waals surface area contributed by atoms with Crippen LogP contribution in [0.1, 0.15) is 25.8 Å². The molecule has 1 unspecified atom stereocenters. The zero-order chi connectivity index (χ0) is 20.0. The molecular formula is C19H30F3N3O2. The van der Waals surface area contributed by atoms with E-state index in [0.29, 0.717) is 45.2 Å². The fourth-order valence-corrected chi connectivity index (χ4v) is 2.16. The predicted octanol–water partition coefficient (Wildman–Crippen LogP) is 3.36. The van der Waals surface area contributed by atoms with Crippen molar-refractivity contribution in [2.45, 2.75) is 33.1 Å². The van der Waals surface area contributed by atoms with Crippen molar-refractivity contribution in [1.82, 2.24) is 10.6 Å². The van der Waals surface area contributed by atoms with Gasteiger partial charge in [-0.15, -0.1) is 0 Å². The number of hydrogen-bond donors (Lipinski definition) is 2. The van der Waals surface area contributed by atoms with Gasteiger partial charge in [0, 0.05) is 26.2 Å². The number of halogens is 3. The highest BCUT2D eigenvalue weighted by molar-refractivity contribution is 5.79. The predicted molar refractivity (Wildman–Crippen MR) is 101 cm³/mol. The molecule has 0 aliphatic heterocycles. The maximum atomic E-state index is 12.0. The summed E-state index contributed by atoms with van der Waals surface area (Å²) in [4.78, 5) is 4.49. The first-order valence-electron chi connectivity index (χ1n) is 9.19. The molecule has 0 aliphatic rings. The van der Waals surface area contributed by atoms with E-state index in [1.807, 2.05) is 37.3 Å². The molecule has 0 amide bonds. The minimum absolute atomic E-state index is 0.0512. The summed E-state index contributed by atoms with van der Waals surface area (Å²) in [5, 5.41) is 6.20. The lowest BCUT2D eigenvalue weighted by atomic mass is 10.2. The van der Waals surface area contributed by atoms with Crippen molar-refractivity contribution in [2.75, 3.05) is 39.5 Å². The van der Waals surface area contributed by atoms with E-state index in [-0.39, 0.29) is 12.5 Å². The largest absolute Gasteiger partial charge is 0.411 e. The van der Waals surface area contributed by atoms with Crippen molar-refractivity contribution in [3.63, 3.8) is 0 Å². The molecule has 154 valence electrons. The van der Waals surface area contributed by atoms with E-state index in [1.165, 1.54) is 0 Å². The van der Waals surface area contributed by atoms with E-state index in [4.69, 9.17) is 4.74 Å². The van der Waals surface area contributed by atoms with Gasteiger partial charge in [0.15, 0.2) is 5.96 Å². The van der Waals surface area contributed by atoms with Crippen LogP contribution >= 0.6 is 0 Å². The third-order valence-electron chi connectivity index (χ3n) is 3.44. The van der Waals surface area contributed by atoms with Gasteiger partial charge in [-0.1, -0.05) is 37.3 Å². The van der Waals surface area contributed by atoms with Gasteiger partial charge in [0.25, 0.3) is 0 Å². The van der Waals surface area contributed by atoms with Crippen LogP contribution in [-0.2, 0) is 16.1 Å². The molecule has 8 heteroatoms. The number of aliphatic imine (C=N–C) groups is 1. The Hall–Kier alpha value is -1.80. The van der Waals surface area contributed by atoms with Crippen LogP contribution in [-0.4, -0.2) is 51.6 Å². The van der Waals surface area contributed by atoms with Gasteiger partial charge >= 0.3 is 6.18 Å². The standard InChI is InChI=1S/C19H30F3N3O2/c1-3-23-18(24-10-7-11-26-15-19(20,21)22)25-12-16(2)13-27-14-17-8-5-4-6-9-17/h4-6,8-9,16H,3,7,10-15H2,1-2H3,(H2,23,24,25). The second-order valence-electron chi connectivity index (χ2n) is 6.27.